The van der Waals surface area contributed by atoms with Crippen molar-refractivity contribution in [1.82, 2.24) is 0 Å². The quantitative estimate of drug-likeness (QED) is 0.542. The number of carbonyl (C=O) groups is 1. The Kier molecular flexibility index (Phi) is 2.64. The van der Waals surface area contributed by atoms with E-state index in [9.17, 15) is 9.90 Å². The minimum atomic E-state index is -1.72. The first-order chi connectivity index (χ1) is 4.65. The fourth-order valence-electron chi connectivity index (χ4n) is 0.963. The zero-order valence-electron chi connectivity index (χ0n) is 7.09. The molecule has 0 aliphatic heterocycles. The Hall–Kier alpha value is -0.610. The number of aliphatic hydroxyl groups is 1. The molecule has 0 aromatic carbocycles. The van der Waals surface area contributed by atoms with Gasteiger partial charge >= 0.3 is 5.97 Å². The van der Waals surface area contributed by atoms with Gasteiger partial charge in [0, 0.05) is 12.0 Å². The Morgan fingerprint density at radius 1 is 1.45 bits per heavy atom. The number of aliphatic carboxylic acids is 1. The van der Waals surface area contributed by atoms with E-state index in [1.165, 1.54) is 6.92 Å². The van der Waals surface area contributed by atoms with Crippen molar-refractivity contribution in [3.63, 3.8) is 0 Å². The Morgan fingerprint density at radius 2 is 1.82 bits per heavy atom. The second-order valence-electron chi connectivity index (χ2n) is 3.74. The fraction of sp³-hybridized carbons (Fsp3) is 0.857. The molecule has 4 heteroatoms. The topological polar surface area (TPSA) is 83.5 Å². The molecule has 0 saturated carbocycles. The summed E-state index contributed by atoms with van der Waals surface area (Å²) in [6, 6.07) is 0. The minimum absolute atomic E-state index is 0.0370. The molecule has 1 atom stereocenters. The van der Waals surface area contributed by atoms with Crippen LogP contribution >= 0.6 is 0 Å². The van der Waals surface area contributed by atoms with E-state index in [0.29, 0.717) is 0 Å². The van der Waals surface area contributed by atoms with Gasteiger partial charge in [-0.05, 0) is 20.8 Å². The molecule has 0 amide bonds. The molecule has 4 N–H and O–H groups in total. The highest BCUT2D eigenvalue weighted by Gasteiger charge is 2.34. The SMILES string of the molecule is CC(C)(N)CC(C)(O)C(=O)O. The molecule has 11 heavy (non-hydrogen) atoms. The summed E-state index contributed by atoms with van der Waals surface area (Å²) in [6.45, 7) is 4.58. The predicted octanol–water partition coefficient (Wildman–Crippen LogP) is -0.0506. The molecule has 0 aromatic heterocycles. The highest BCUT2D eigenvalue weighted by molar-refractivity contribution is 5.76. The summed E-state index contributed by atoms with van der Waals surface area (Å²) in [6.07, 6.45) is 0.0370. The maximum atomic E-state index is 10.4. The standard InChI is InChI=1S/C7H15NO3/c1-6(2,8)4-7(3,11)5(9)10/h11H,4,8H2,1-3H3,(H,9,10). The van der Waals surface area contributed by atoms with Crippen LogP contribution in [0.2, 0.25) is 0 Å². The molecule has 0 spiro atoms. The Balaban J connectivity index is 4.25. The lowest BCUT2D eigenvalue weighted by Crippen LogP contribution is -2.46. The van der Waals surface area contributed by atoms with Crippen molar-refractivity contribution in [2.45, 2.75) is 38.3 Å². The zero-order valence-corrected chi connectivity index (χ0v) is 7.09. The van der Waals surface area contributed by atoms with Crippen molar-refractivity contribution >= 4 is 5.97 Å². The van der Waals surface area contributed by atoms with Crippen LogP contribution in [0.3, 0.4) is 0 Å². The van der Waals surface area contributed by atoms with E-state index in [2.05, 4.69) is 0 Å². The first-order valence-electron chi connectivity index (χ1n) is 3.40. The van der Waals surface area contributed by atoms with Gasteiger partial charge in [-0.25, -0.2) is 4.79 Å². The van der Waals surface area contributed by atoms with Gasteiger partial charge in [-0.2, -0.15) is 0 Å². The summed E-state index contributed by atoms with van der Waals surface area (Å²) < 4.78 is 0. The molecule has 1 unspecified atom stereocenters. The van der Waals surface area contributed by atoms with Gasteiger partial charge in [-0.1, -0.05) is 0 Å². The third kappa shape index (κ3) is 3.95. The number of rotatable bonds is 3. The molecule has 0 aliphatic rings. The fourth-order valence-corrected chi connectivity index (χ4v) is 0.963. The monoisotopic (exact) mass is 161 g/mol. The van der Waals surface area contributed by atoms with Gasteiger partial charge in [0.15, 0.2) is 5.60 Å². The lowest BCUT2D eigenvalue weighted by atomic mass is 9.89. The lowest BCUT2D eigenvalue weighted by molar-refractivity contribution is -0.158. The molecule has 66 valence electrons. The van der Waals surface area contributed by atoms with Gasteiger partial charge in [-0.15, -0.1) is 0 Å². The Labute approximate surface area is 66.0 Å². The van der Waals surface area contributed by atoms with Crippen molar-refractivity contribution in [2.24, 2.45) is 5.73 Å². The van der Waals surface area contributed by atoms with Crippen molar-refractivity contribution in [3.8, 4) is 0 Å². The average Bonchev–Trinajstić information content (AvgIpc) is 1.56. The van der Waals surface area contributed by atoms with Crippen LogP contribution in [0.4, 0.5) is 0 Å². The van der Waals surface area contributed by atoms with Crippen LogP contribution in [-0.4, -0.2) is 27.3 Å². The maximum absolute atomic E-state index is 10.4. The van der Waals surface area contributed by atoms with Crippen LogP contribution in [0.5, 0.6) is 0 Å². The van der Waals surface area contributed by atoms with Gasteiger partial charge in [0.1, 0.15) is 0 Å². The average molecular weight is 161 g/mol. The van der Waals surface area contributed by atoms with Crippen LogP contribution in [0.15, 0.2) is 0 Å². The molecule has 0 fully saturated rings. The smallest absolute Gasteiger partial charge is 0.335 e. The van der Waals surface area contributed by atoms with E-state index in [0.717, 1.165) is 0 Å². The molecule has 0 saturated heterocycles. The van der Waals surface area contributed by atoms with Gasteiger partial charge < -0.3 is 15.9 Å². The van der Waals surface area contributed by atoms with Crippen molar-refractivity contribution in [2.75, 3.05) is 0 Å². The van der Waals surface area contributed by atoms with E-state index in [1.807, 2.05) is 0 Å². The number of carboxylic acids is 1. The highest BCUT2D eigenvalue weighted by atomic mass is 16.4. The number of nitrogens with two attached hydrogens (primary N) is 1. The lowest BCUT2D eigenvalue weighted by Gasteiger charge is -2.27. The molecular weight excluding hydrogens is 146 g/mol. The van der Waals surface area contributed by atoms with Crippen molar-refractivity contribution in [3.05, 3.63) is 0 Å². The van der Waals surface area contributed by atoms with Gasteiger partial charge in [0.05, 0.1) is 0 Å². The third-order valence-corrected chi connectivity index (χ3v) is 1.26. The molecular formula is C7H15NO3. The Morgan fingerprint density at radius 3 is 1.91 bits per heavy atom. The van der Waals surface area contributed by atoms with Crippen LogP contribution in [-0.2, 0) is 4.79 Å². The summed E-state index contributed by atoms with van der Waals surface area (Å²) in [5.41, 5.74) is 3.15. The van der Waals surface area contributed by atoms with E-state index in [-0.39, 0.29) is 6.42 Å². The zero-order chi connectivity index (χ0) is 9.28. The molecule has 4 nitrogen and oxygen atoms in total. The molecule has 0 aromatic rings. The number of carboxylic acid groups (broad SMARTS) is 1. The summed E-state index contributed by atoms with van der Waals surface area (Å²) in [5.74, 6) is -1.24. The van der Waals surface area contributed by atoms with Crippen LogP contribution in [0, 0.1) is 0 Å². The van der Waals surface area contributed by atoms with Crippen molar-refractivity contribution < 1.29 is 15.0 Å². The van der Waals surface area contributed by atoms with E-state index < -0.39 is 17.1 Å². The van der Waals surface area contributed by atoms with Crippen LogP contribution < -0.4 is 5.73 Å². The van der Waals surface area contributed by atoms with Crippen LogP contribution in [0.1, 0.15) is 27.2 Å². The highest BCUT2D eigenvalue weighted by Crippen LogP contribution is 2.17. The van der Waals surface area contributed by atoms with Crippen molar-refractivity contribution in [1.29, 1.82) is 0 Å². The molecule has 0 rings (SSSR count). The first-order valence-corrected chi connectivity index (χ1v) is 3.40. The van der Waals surface area contributed by atoms with E-state index in [1.54, 1.807) is 13.8 Å². The summed E-state index contributed by atoms with van der Waals surface area (Å²) >= 11 is 0. The van der Waals surface area contributed by atoms with E-state index >= 15 is 0 Å². The molecule has 0 bridgehead atoms. The first kappa shape index (κ1) is 10.4. The van der Waals surface area contributed by atoms with Gasteiger partial charge in [0.25, 0.3) is 0 Å². The maximum Gasteiger partial charge on any atom is 0.335 e. The predicted molar refractivity (Wildman–Crippen MR) is 41.1 cm³/mol. The second-order valence-corrected chi connectivity index (χ2v) is 3.74. The molecule has 0 radical (unpaired) electrons. The van der Waals surface area contributed by atoms with Gasteiger partial charge in [-0.3, -0.25) is 0 Å². The third-order valence-electron chi connectivity index (χ3n) is 1.26. The molecule has 0 aliphatic carbocycles. The summed E-state index contributed by atoms with van der Waals surface area (Å²) in [4.78, 5) is 10.4. The second kappa shape index (κ2) is 2.79. The minimum Gasteiger partial charge on any atom is -0.479 e. The normalized spacial score (nSPS) is 17.5. The number of hydrogen-bond acceptors (Lipinski definition) is 3. The number of hydrogen-bond donors (Lipinski definition) is 3. The van der Waals surface area contributed by atoms with Gasteiger partial charge in [0.2, 0.25) is 0 Å². The largest absolute Gasteiger partial charge is 0.479 e. The van der Waals surface area contributed by atoms with Crippen LogP contribution in [0.25, 0.3) is 0 Å². The molecule has 0 heterocycles. The summed E-state index contributed by atoms with van der Waals surface area (Å²) in [7, 11) is 0. The van der Waals surface area contributed by atoms with E-state index in [4.69, 9.17) is 10.8 Å². The summed E-state index contributed by atoms with van der Waals surface area (Å²) in [5, 5.41) is 17.7. The Bertz CT molecular complexity index is 158.